The molecule has 0 aliphatic carbocycles. The number of piperidine rings is 1. The molecule has 3 unspecified atom stereocenters. The zero-order chi connectivity index (χ0) is 10.7. The summed E-state index contributed by atoms with van der Waals surface area (Å²) in [5, 5.41) is 0.849. The first-order valence-electron chi connectivity index (χ1n) is 6.37. The summed E-state index contributed by atoms with van der Waals surface area (Å²) in [7, 11) is 0. The predicted molar refractivity (Wildman–Crippen MR) is 68.3 cm³/mol. The number of thioether (sulfide) groups is 1. The Bertz CT molecular complexity index is 196. The lowest BCUT2D eigenvalue weighted by Gasteiger charge is -2.38. The van der Waals surface area contributed by atoms with E-state index < -0.39 is 0 Å². The van der Waals surface area contributed by atoms with E-state index in [2.05, 4.69) is 23.6 Å². The lowest BCUT2D eigenvalue weighted by Crippen LogP contribution is -2.45. The number of nitrogens with two attached hydrogens (primary N) is 1. The second-order valence-corrected chi connectivity index (χ2v) is 6.50. The SMILES string of the molecule is CC1SCCC1N1CCCC(CCN)C1. The van der Waals surface area contributed by atoms with Crippen LogP contribution in [0.4, 0.5) is 0 Å². The Morgan fingerprint density at radius 2 is 2.27 bits per heavy atom. The van der Waals surface area contributed by atoms with E-state index >= 15 is 0 Å². The minimum Gasteiger partial charge on any atom is -0.330 e. The van der Waals surface area contributed by atoms with Crippen LogP contribution in [-0.4, -0.2) is 41.6 Å². The molecular formula is C12H24N2S. The smallest absolute Gasteiger partial charge is 0.0219 e. The van der Waals surface area contributed by atoms with Gasteiger partial charge in [0.1, 0.15) is 0 Å². The summed E-state index contributed by atoms with van der Waals surface area (Å²) >= 11 is 2.15. The molecule has 0 bridgehead atoms. The number of likely N-dealkylation sites (tertiary alicyclic amines) is 1. The normalized spacial score (nSPS) is 38.4. The molecule has 0 aromatic rings. The molecule has 88 valence electrons. The van der Waals surface area contributed by atoms with Crippen LogP contribution in [0.1, 0.15) is 32.6 Å². The Kier molecular flexibility index (Phi) is 4.35. The van der Waals surface area contributed by atoms with Crippen LogP contribution in [-0.2, 0) is 0 Å². The van der Waals surface area contributed by atoms with Crippen LogP contribution < -0.4 is 5.73 Å². The van der Waals surface area contributed by atoms with E-state index in [1.54, 1.807) is 0 Å². The minimum atomic E-state index is 0.849. The molecule has 0 saturated carbocycles. The quantitative estimate of drug-likeness (QED) is 0.800. The molecule has 2 aliphatic heterocycles. The Morgan fingerprint density at radius 3 is 2.93 bits per heavy atom. The highest BCUT2D eigenvalue weighted by atomic mass is 32.2. The summed E-state index contributed by atoms with van der Waals surface area (Å²) in [6.45, 7) is 5.91. The molecule has 2 heterocycles. The van der Waals surface area contributed by atoms with E-state index in [0.29, 0.717) is 0 Å². The van der Waals surface area contributed by atoms with Gasteiger partial charge in [0.05, 0.1) is 0 Å². The minimum absolute atomic E-state index is 0.849. The zero-order valence-electron chi connectivity index (χ0n) is 9.82. The maximum absolute atomic E-state index is 5.66. The number of hydrogen-bond acceptors (Lipinski definition) is 3. The third-order valence-corrected chi connectivity index (χ3v) is 5.24. The maximum atomic E-state index is 5.66. The van der Waals surface area contributed by atoms with Crippen molar-refractivity contribution in [3.63, 3.8) is 0 Å². The van der Waals surface area contributed by atoms with E-state index in [0.717, 1.165) is 23.8 Å². The lowest BCUT2D eigenvalue weighted by molar-refractivity contribution is 0.121. The topological polar surface area (TPSA) is 29.3 Å². The van der Waals surface area contributed by atoms with Crippen molar-refractivity contribution in [1.82, 2.24) is 4.90 Å². The molecule has 0 amide bonds. The fourth-order valence-electron chi connectivity index (χ4n) is 3.07. The summed E-state index contributed by atoms with van der Waals surface area (Å²) in [6.07, 6.45) is 5.42. The van der Waals surface area contributed by atoms with Gasteiger partial charge in [0.2, 0.25) is 0 Å². The fraction of sp³-hybridized carbons (Fsp3) is 1.00. The van der Waals surface area contributed by atoms with Gasteiger partial charge in [-0.25, -0.2) is 0 Å². The van der Waals surface area contributed by atoms with E-state index in [-0.39, 0.29) is 0 Å². The Hall–Kier alpha value is 0.270. The lowest BCUT2D eigenvalue weighted by atomic mass is 9.93. The van der Waals surface area contributed by atoms with Crippen LogP contribution in [0, 0.1) is 5.92 Å². The highest BCUT2D eigenvalue weighted by Crippen LogP contribution is 2.33. The maximum Gasteiger partial charge on any atom is 0.0219 e. The summed E-state index contributed by atoms with van der Waals surface area (Å²) in [6, 6.07) is 0.857. The summed E-state index contributed by atoms with van der Waals surface area (Å²) < 4.78 is 0. The van der Waals surface area contributed by atoms with Gasteiger partial charge >= 0.3 is 0 Å². The van der Waals surface area contributed by atoms with Gasteiger partial charge in [-0.05, 0) is 50.4 Å². The van der Waals surface area contributed by atoms with Gasteiger partial charge in [-0.1, -0.05) is 6.92 Å². The summed E-state index contributed by atoms with van der Waals surface area (Å²) in [4.78, 5) is 2.74. The second kappa shape index (κ2) is 5.55. The monoisotopic (exact) mass is 228 g/mol. The van der Waals surface area contributed by atoms with Crippen LogP contribution >= 0.6 is 11.8 Å². The van der Waals surface area contributed by atoms with Crippen LogP contribution in [0.2, 0.25) is 0 Å². The Morgan fingerprint density at radius 1 is 1.40 bits per heavy atom. The largest absolute Gasteiger partial charge is 0.330 e. The van der Waals surface area contributed by atoms with Crippen molar-refractivity contribution in [2.75, 3.05) is 25.4 Å². The third-order valence-electron chi connectivity index (χ3n) is 3.93. The highest BCUT2D eigenvalue weighted by Gasteiger charge is 2.32. The highest BCUT2D eigenvalue weighted by molar-refractivity contribution is 8.00. The van der Waals surface area contributed by atoms with Crippen molar-refractivity contribution >= 4 is 11.8 Å². The molecule has 15 heavy (non-hydrogen) atoms. The second-order valence-electron chi connectivity index (χ2n) is 5.01. The van der Waals surface area contributed by atoms with Gasteiger partial charge in [0.25, 0.3) is 0 Å². The van der Waals surface area contributed by atoms with E-state index in [1.807, 2.05) is 0 Å². The summed E-state index contributed by atoms with van der Waals surface area (Å²) in [5.74, 6) is 2.24. The molecule has 2 aliphatic rings. The van der Waals surface area contributed by atoms with Gasteiger partial charge in [-0.2, -0.15) is 11.8 Å². The summed E-state index contributed by atoms with van der Waals surface area (Å²) in [5.41, 5.74) is 5.66. The third kappa shape index (κ3) is 2.89. The molecule has 3 heteroatoms. The molecule has 2 saturated heterocycles. The van der Waals surface area contributed by atoms with Crippen molar-refractivity contribution in [2.24, 2.45) is 11.7 Å². The van der Waals surface area contributed by atoms with Gasteiger partial charge in [-0.3, -0.25) is 4.90 Å². The first-order valence-corrected chi connectivity index (χ1v) is 7.42. The van der Waals surface area contributed by atoms with E-state index in [1.165, 1.54) is 44.5 Å². The number of nitrogens with zero attached hydrogens (tertiary/aromatic N) is 1. The molecule has 2 fully saturated rings. The van der Waals surface area contributed by atoms with Crippen molar-refractivity contribution in [3.8, 4) is 0 Å². The van der Waals surface area contributed by atoms with Gasteiger partial charge in [-0.15, -0.1) is 0 Å². The van der Waals surface area contributed by atoms with Crippen LogP contribution in [0.25, 0.3) is 0 Å². The average Bonchev–Trinajstić information content (AvgIpc) is 2.65. The Balaban J connectivity index is 1.86. The van der Waals surface area contributed by atoms with Crippen LogP contribution in [0.15, 0.2) is 0 Å². The van der Waals surface area contributed by atoms with Crippen LogP contribution in [0.5, 0.6) is 0 Å². The molecule has 2 N–H and O–H groups in total. The van der Waals surface area contributed by atoms with Crippen LogP contribution in [0.3, 0.4) is 0 Å². The molecule has 0 aromatic carbocycles. The average molecular weight is 228 g/mol. The first-order chi connectivity index (χ1) is 7.31. The van der Waals surface area contributed by atoms with Crippen molar-refractivity contribution in [1.29, 1.82) is 0 Å². The van der Waals surface area contributed by atoms with Crippen molar-refractivity contribution < 1.29 is 0 Å². The van der Waals surface area contributed by atoms with Crippen molar-refractivity contribution in [3.05, 3.63) is 0 Å². The molecule has 0 spiro atoms. The fourth-order valence-corrected chi connectivity index (χ4v) is 4.35. The number of hydrogen-bond donors (Lipinski definition) is 1. The predicted octanol–water partition coefficient (Wildman–Crippen LogP) is 1.94. The standard InChI is InChI=1S/C12H24N2S/c1-10-12(5-8-15-10)14-7-2-3-11(9-14)4-6-13/h10-12H,2-9,13H2,1H3. The molecule has 2 rings (SSSR count). The van der Waals surface area contributed by atoms with E-state index in [9.17, 15) is 0 Å². The number of rotatable bonds is 3. The van der Waals surface area contributed by atoms with Gasteiger partial charge in [0, 0.05) is 17.8 Å². The van der Waals surface area contributed by atoms with Gasteiger partial charge < -0.3 is 5.73 Å². The molecule has 3 atom stereocenters. The van der Waals surface area contributed by atoms with E-state index in [4.69, 9.17) is 5.73 Å². The molecular weight excluding hydrogens is 204 g/mol. The Labute approximate surface area is 98.0 Å². The molecule has 0 radical (unpaired) electrons. The molecule has 2 nitrogen and oxygen atoms in total. The molecule has 0 aromatic heterocycles. The van der Waals surface area contributed by atoms with Gasteiger partial charge in [0.15, 0.2) is 0 Å². The zero-order valence-corrected chi connectivity index (χ0v) is 10.6. The van der Waals surface area contributed by atoms with Crippen molar-refractivity contribution in [2.45, 2.75) is 43.9 Å². The first kappa shape index (κ1) is 11.7.